The number of aromatic nitrogens is 1. The molecule has 1 aliphatic rings. The Labute approximate surface area is 97.8 Å². The molecular weight excluding hydrogens is 226 g/mol. The van der Waals surface area contributed by atoms with E-state index in [4.69, 9.17) is 0 Å². The van der Waals surface area contributed by atoms with E-state index in [1.54, 1.807) is 6.07 Å². The van der Waals surface area contributed by atoms with E-state index in [1.807, 2.05) is 11.8 Å². The van der Waals surface area contributed by atoms with Crippen molar-refractivity contribution in [1.82, 2.24) is 4.98 Å². The molecule has 0 aromatic carbocycles. The van der Waals surface area contributed by atoms with Crippen LogP contribution in [0.2, 0.25) is 0 Å². The first kappa shape index (κ1) is 11.2. The Bertz CT molecular complexity index is 363. The molecule has 0 amide bonds. The van der Waals surface area contributed by atoms with Gasteiger partial charge in [0.25, 0.3) is 0 Å². The fourth-order valence-corrected chi connectivity index (χ4v) is 2.89. The molecule has 1 atom stereocenters. The Morgan fingerprint density at radius 3 is 3.06 bits per heavy atom. The highest BCUT2D eigenvalue weighted by Crippen LogP contribution is 2.23. The number of pyridine rings is 1. The molecule has 0 saturated carbocycles. The van der Waals surface area contributed by atoms with Crippen molar-refractivity contribution >= 4 is 23.3 Å². The predicted molar refractivity (Wildman–Crippen MR) is 64.8 cm³/mol. The molecule has 1 aromatic rings. The van der Waals surface area contributed by atoms with Gasteiger partial charge in [0.1, 0.15) is 0 Å². The van der Waals surface area contributed by atoms with Gasteiger partial charge in [0.05, 0.1) is 5.69 Å². The SMILES string of the molecule is O=[N+]([O-])c1ccc(NCC2CCSC2)cn1. The smallest absolute Gasteiger partial charge is 0.363 e. The predicted octanol–water partition coefficient (Wildman–Crippen LogP) is 2.15. The molecule has 0 spiro atoms. The number of nitro groups is 1. The molecular formula is C10H13N3O2S. The third-order valence-electron chi connectivity index (χ3n) is 2.55. The van der Waals surface area contributed by atoms with Crippen LogP contribution in [0, 0.1) is 16.0 Å². The maximum Gasteiger partial charge on any atom is 0.363 e. The van der Waals surface area contributed by atoms with E-state index in [2.05, 4.69) is 10.3 Å². The summed E-state index contributed by atoms with van der Waals surface area (Å²) in [6.45, 7) is 0.923. The van der Waals surface area contributed by atoms with Crippen LogP contribution in [0.3, 0.4) is 0 Å². The van der Waals surface area contributed by atoms with Gasteiger partial charge in [-0.15, -0.1) is 0 Å². The van der Waals surface area contributed by atoms with Gasteiger partial charge >= 0.3 is 5.82 Å². The van der Waals surface area contributed by atoms with E-state index >= 15 is 0 Å². The first-order valence-electron chi connectivity index (χ1n) is 5.18. The molecule has 2 heterocycles. The van der Waals surface area contributed by atoms with E-state index in [0.29, 0.717) is 5.92 Å². The maximum absolute atomic E-state index is 10.4. The fraction of sp³-hybridized carbons (Fsp3) is 0.500. The number of anilines is 1. The molecule has 1 fully saturated rings. The lowest BCUT2D eigenvalue weighted by molar-refractivity contribution is -0.389. The minimum atomic E-state index is -0.489. The minimum absolute atomic E-state index is 0.109. The summed E-state index contributed by atoms with van der Waals surface area (Å²) in [4.78, 5) is 13.7. The van der Waals surface area contributed by atoms with Crippen molar-refractivity contribution in [3.05, 3.63) is 28.4 Å². The standard InChI is InChI=1S/C10H13N3O2S/c14-13(15)10-2-1-9(6-12-10)11-5-8-3-4-16-7-8/h1-2,6,8,11H,3-5,7H2. The molecule has 0 bridgehead atoms. The lowest BCUT2D eigenvalue weighted by Gasteiger charge is -2.09. The van der Waals surface area contributed by atoms with Gasteiger partial charge in [-0.25, -0.2) is 0 Å². The third-order valence-corrected chi connectivity index (χ3v) is 3.79. The average Bonchev–Trinajstić information content (AvgIpc) is 2.80. The first-order chi connectivity index (χ1) is 7.75. The van der Waals surface area contributed by atoms with Crippen molar-refractivity contribution in [1.29, 1.82) is 0 Å². The minimum Gasteiger partial charge on any atom is -0.382 e. The van der Waals surface area contributed by atoms with Gasteiger partial charge in [0, 0.05) is 12.6 Å². The Morgan fingerprint density at radius 1 is 1.62 bits per heavy atom. The quantitative estimate of drug-likeness (QED) is 0.644. The van der Waals surface area contributed by atoms with E-state index in [9.17, 15) is 10.1 Å². The van der Waals surface area contributed by atoms with E-state index < -0.39 is 4.92 Å². The highest BCUT2D eigenvalue weighted by Gasteiger charge is 2.15. The van der Waals surface area contributed by atoms with Gasteiger partial charge in [-0.1, -0.05) is 0 Å². The second-order valence-electron chi connectivity index (χ2n) is 3.77. The largest absolute Gasteiger partial charge is 0.382 e. The lowest BCUT2D eigenvalue weighted by Crippen LogP contribution is -2.13. The zero-order valence-corrected chi connectivity index (χ0v) is 9.57. The van der Waals surface area contributed by atoms with Crippen molar-refractivity contribution in [3.63, 3.8) is 0 Å². The molecule has 0 radical (unpaired) electrons. The van der Waals surface area contributed by atoms with Crippen molar-refractivity contribution < 1.29 is 4.92 Å². The molecule has 86 valence electrons. The van der Waals surface area contributed by atoms with Crippen LogP contribution >= 0.6 is 11.8 Å². The first-order valence-corrected chi connectivity index (χ1v) is 6.33. The highest BCUT2D eigenvalue weighted by molar-refractivity contribution is 7.99. The zero-order chi connectivity index (χ0) is 11.4. The summed E-state index contributed by atoms with van der Waals surface area (Å²) in [6, 6.07) is 3.12. The number of nitrogens with one attached hydrogen (secondary N) is 1. The second kappa shape index (κ2) is 5.16. The summed E-state index contributed by atoms with van der Waals surface area (Å²) in [5, 5.41) is 13.7. The van der Waals surface area contributed by atoms with Crippen molar-refractivity contribution in [2.75, 3.05) is 23.4 Å². The van der Waals surface area contributed by atoms with Crippen LogP contribution < -0.4 is 5.32 Å². The van der Waals surface area contributed by atoms with Crippen LogP contribution in [0.1, 0.15) is 6.42 Å². The van der Waals surface area contributed by atoms with Crippen molar-refractivity contribution in [2.45, 2.75) is 6.42 Å². The van der Waals surface area contributed by atoms with Gasteiger partial charge < -0.3 is 15.4 Å². The van der Waals surface area contributed by atoms with Crippen LogP contribution in [0.4, 0.5) is 11.5 Å². The summed E-state index contributed by atoms with van der Waals surface area (Å²) >= 11 is 1.98. The van der Waals surface area contributed by atoms with Crippen LogP contribution in [-0.2, 0) is 0 Å². The van der Waals surface area contributed by atoms with Crippen LogP contribution in [-0.4, -0.2) is 28.0 Å². The summed E-state index contributed by atoms with van der Waals surface area (Å²) in [5.41, 5.74) is 0.850. The van der Waals surface area contributed by atoms with Crippen LogP contribution in [0.15, 0.2) is 18.3 Å². The number of hydrogen-bond donors (Lipinski definition) is 1. The second-order valence-corrected chi connectivity index (χ2v) is 4.92. The molecule has 0 aliphatic carbocycles. The van der Waals surface area contributed by atoms with Gasteiger partial charge in [-0.2, -0.15) is 11.8 Å². The van der Waals surface area contributed by atoms with E-state index in [1.165, 1.54) is 30.2 Å². The zero-order valence-electron chi connectivity index (χ0n) is 8.76. The number of thioether (sulfide) groups is 1. The number of hydrogen-bond acceptors (Lipinski definition) is 5. The highest BCUT2D eigenvalue weighted by atomic mass is 32.2. The van der Waals surface area contributed by atoms with Crippen LogP contribution in [0.25, 0.3) is 0 Å². The normalized spacial score (nSPS) is 19.6. The van der Waals surface area contributed by atoms with Crippen molar-refractivity contribution in [2.24, 2.45) is 5.92 Å². The fourth-order valence-electron chi connectivity index (χ4n) is 1.61. The Balaban J connectivity index is 1.87. The molecule has 2 rings (SSSR count). The number of rotatable bonds is 4. The van der Waals surface area contributed by atoms with Gasteiger partial charge in [0.15, 0.2) is 6.20 Å². The maximum atomic E-state index is 10.4. The molecule has 5 nitrogen and oxygen atoms in total. The average molecular weight is 239 g/mol. The summed E-state index contributed by atoms with van der Waals surface area (Å²) in [7, 11) is 0. The topological polar surface area (TPSA) is 68.1 Å². The van der Waals surface area contributed by atoms with Gasteiger partial charge in [-0.3, -0.25) is 0 Å². The molecule has 6 heteroatoms. The number of nitrogens with zero attached hydrogens (tertiary/aromatic N) is 2. The Kier molecular flexibility index (Phi) is 3.61. The van der Waals surface area contributed by atoms with E-state index in [-0.39, 0.29) is 5.82 Å². The third kappa shape index (κ3) is 2.85. The molecule has 1 aromatic heterocycles. The van der Waals surface area contributed by atoms with E-state index in [0.717, 1.165) is 12.2 Å². The molecule has 16 heavy (non-hydrogen) atoms. The van der Waals surface area contributed by atoms with Crippen LogP contribution in [0.5, 0.6) is 0 Å². The molecule has 1 saturated heterocycles. The monoisotopic (exact) mass is 239 g/mol. The van der Waals surface area contributed by atoms with Gasteiger partial charge in [0.2, 0.25) is 0 Å². The summed E-state index contributed by atoms with van der Waals surface area (Å²) in [6.07, 6.45) is 2.76. The summed E-state index contributed by atoms with van der Waals surface area (Å²) in [5.74, 6) is 3.04. The Morgan fingerprint density at radius 2 is 2.50 bits per heavy atom. The van der Waals surface area contributed by atoms with Crippen molar-refractivity contribution in [3.8, 4) is 0 Å². The molecule has 1 aliphatic heterocycles. The lowest BCUT2D eigenvalue weighted by atomic mass is 10.1. The molecule has 1 unspecified atom stereocenters. The molecule has 1 N–H and O–H groups in total. The van der Waals surface area contributed by atoms with Gasteiger partial charge in [-0.05, 0) is 39.8 Å². The Hall–Kier alpha value is -1.30. The summed E-state index contributed by atoms with van der Waals surface area (Å²) < 4.78 is 0.